The molecule has 1 unspecified atom stereocenters. The molecule has 168 valence electrons. The number of methoxy groups -OCH3 is 3. The van der Waals surface area contributed by atoms with E-state index in [0.717, 1.165) is 5.56 Å². The molecule has 3 rings (SSSR count). The van der Waals surface area contributed by atoms with E-state index in [2.05, 4.69) is 10.3 Å². The fourth-order valence-electron chi connectivity index (χ4n) is 2.76. The minimum absolute atomic E-state index is 0.0970. The fraction of sp³-hybridized carbons (Fsp3) is 0.227. The maximum Gasteiger partial charge on any atom is 0.358 e. The number of anilines is 1. The van der Waals surface area contributed by atoms with Crippen LogP contribution in [0.5, 0.6) is 17.2 Å². The number of rotatable bonds is 8. The van der Waals surface area contributed by atoms with Gasteiger partial charge >= 0.3 is 5.97 Å². The standard InChI is InChI=1S/C22H21ClN2O6S/c1-12(20(26)24-15-10-14(23)6-8-17(15)28-2)31-22(27)16-11-32-21(25-16)13-5-7-18(29-3)19(9-13)30-4/h5-12H,1-4H3,(H,24,26). The second kappa shape index (κ2) is 10.3. The summed E-state index contributed by atoms with van der Waals surface area (Å²) in [6.45, 7) is 1.46. The third kappa shape index (κ3) is 5.30. The van der Waals surface area contributed by atoms with Crippen LogP contribution < -0.4 is 19.5 Å². The third-order valence-electron chi connectivity index (χ3n) is 4.42. The van der Waals surface area contributed by atoms with Crippen LogP contribution in [0.4, 0.5) is 5.69 Å². The van der Waals surface area contributed by atoms with E-state index in [1.54, 1.807) is 42.8 Å². The molecule has 0 aliphatic carbocycles. The Morgan fingerprint density at radius 2 is 1.69 bits per heavy atom. The van der Waals surface area contributed by atoms with E-state index >= 15 is 0 Å². The van der Waals surface area contributed by atoms with Crippen molar-refractivity contribution in [1.82, 2.24) is 4.98 Å². The summed E-state index contributed by atoms with van der Waals surface area (Å²) in [6, 6.07) is 10.1. The first kappa shape index (κ1) is 23.4. The molecule has 0 bridgehead atoms. The molecule has 1 atom stereocenters. The van der Waals surface area contributed by atoms with Gasteiger partial charge in [0.2, 0.25) is 0 Å². The van der Waals surface area contributed by atoms with Crippen molar-refractivity contribution in [2.45, 2.75) is 13.0 Å². The Kier molecular flexibility index (Phi) is 7.55. The number of hydrogen-bond donors (Lipinski definition) is 1. The molecule has 8 nitrogen and oxygen atoms in total. The monoisotopic (exact) mass is 476 g/mol. The summed E-state index contributed by atoms with van der Waals surface area (Å²) in [5.74, 6) is 0.318. The van der Waals surface area contributed by atoms with Crippen molar-refractivity contribution in [2.75, 3.05) is 26.6 Å². The molecule has 0 saturated heterocycles. The first-order valence-corrected chi connectivity index (χ1v) is 10.6. The van der Waals surface area contributed by atoms with Gasteiger partial charge < -0.3 is 24.3 Å². The number of thiazole rings is 1. The number of halogens is 1. The van der Waals surface area contributed by atoms with Crippen molar-refractivity contribution < 1.29 is 28.5 Å². The van der Waals surface area contributed by atoms with Crippen molar-refractivity contribution in [3.63, 3.8) is 0 Å². The molecule has 3 aromatic rings. The molecular weight excluding hydrogens is 456 g/mol. The topological polar surface area (TPSA) is 96.0 Å². The lowest BCUT2D eigenvalue weighted by molar-refractivity contribution is -0.123. The van der Waals surface area contributed by atoms with Crippen LogP contribution in [0.25, 0.3) is 10.6 Å². The Morgan fingerprint density at radius 1 is 1.00 bits per heavy atom. The third-order valence-corrected chi connectivity index (χ3v) is 5.54. The molecule has 1 amide bonds. The van der Waals surface area contributed by atoms with Gasteiger partial charge in [-0.05, 0) is 43.3 Å². The molecule has 0 radical (unpaired) electrons. The summed E-state index contributed by atoms with van der Waals surface area (Å²) < 4.78 is 21.0. The highest BCUT2D eigenvalue weighted by Gasteiger charge is 2.22. The Bertz CT molecular complexity index is 1130. The lowest BCUT2D eigenvalue weighted by atomic mass is 10.2. The van der Waals surface area contributed by atoms with Crippen LogP contribution in [0, 0.1) is 0 Å². The van der Waals surface area contributed by atoms with Gasteiger partial charge in [0.05, 0.1) is 27.0 Å². The first-order chi connectivity index (χ1) is 15.4. The molecule has 32 heavy (non-hydrogen) atoms. The SMILES string of the molecule is COc1ccc(Cl)cc1NC(=O)C(C)OC(=O)c1csc(-c2ccc(OC)c(OC)c2)n1. The van der Waals surface area contributed by atoms with E-state index in [9.17, 15) is 9.59 Å². The molecule has 1 heterocycles. The minimum Gasteiger partial charge on any atom is -0.495 e. The summed E-state index contributed by atoms with van der Waals surface area (Å²) in [6.07, 6.45) is -1.07. The van der Waals surface area contributed by atoms with Crippen LogP contribution in [0.1, 0.15) is 17.4 Å². The van der Waals surface area contributed by atoms with Crippen LogP contribution in [0.15, 0.2) is 41.8 Å². The Balaban J connectivity index is 1.68. The molecular formula is C22H21ClN2O6S. The van der Waals surface area contributed by atoms with Crippen LogP contribution >= 0.6 is 22.9 Å². The van der Waals surface area contributed by atoms with Crippen LogP contribution in [-0.2, 0) is 9.53 Å². The van der Waals surface area contributed by atoms with Gasteiger partial charge in [0.15, 0.2) is 23.3 Å². The Morgan fingerprint density at radius 3 is 2.38 bits per heavy atom. The summed E-state index contributed by atoms with van der Waals surface area (Å²) >= 11 is 7.24. The highest BCUT2D eigenvalue weighted by molar-refractivity contribution is 7.13. The van der Waals surface area contributed by atoms with E-state index in [0.29, 0.717) is 33.0 Å². The largest absolute Gasteiger partial charge is 0.495 e. The first-order valence-electron chi connectivity index (χ1n) is 9.39. The van der Waals surface area contributed by atoms with E-state index in [4.69, 9.17) is 30.5 Å². The highest BCUT2D eigenvalue weighted by Crippen LogP contribution is 2.33. The van der Waals surface area contributed by atoms with Crippen molar-refractivity contribution in [1.29, 1.82) is 0 Å². The summed E-state index contributed by atoms with van der Waals surface area (Å²) in [5.41, 5.74) is 1.22. The number of amides is 1. The molecule has 10 heteroatoms. The number of nitrogens with one attached hydrogen (secondary N) is 1. The van der Waals surface area contributed by atoms with Crippen LogP contribution in [0.3, 0.4) is 0 Å². The summed E-state index contributed by atoms with van der Waals surface area (Å²) in [4.78, 5) is 29.3. The lowest BCUT2D eigenvalue weighted by Gasteiger charge is -2.15. The molecule has 1 N–H and O–H groups in total. The summed E-state index contributed by atoms with van der Waals surface area (Å²) in [5, 5.41) is 5.24. The number of carbonyl (C=O) groups is 2. The van der Waals surface area contributed by atoms with Crippen molar-refractivity contribution in [3.8, 4) is 27.8 Å². The predicted octanol–water partition coefficient (Wildman–Crippen LogP) is 4.67. The number of carbonyl (C=O) groups excluding carboxylic acids is 2. The maximum atomic E-state index is 12.5. The second-order valence-corrected chi connectivity index (χ2v) is 7.78. The number of nitrogens with zero attached hydrogens (tertiary/aromatic N) is 1. The lowest BCUT2D eigenvalue weighted by Crippen LogP contribution is -2.30. The highest BCUT2D eigenvalue weighted by atomic mass is 35.5. The van der Waals surface area contributed by atoms with E-state index in [-0.39, 0.29) is 5.69 Å². The zero-order valence-corrected chi connectivity index (χ0v) is 19.4. The number of aromatic nitrogens is 1. The normalized spacial score (nSPS) is 11.4. The average Bonchev–Trinajstić information content (AvgIpc) is 3.29. The van der Waals surface area contributed by atoms with Gasteiger partial charge in [-0.25, -0.2) is 9.78 Å². The quantitative estimate of drug-likeness (QED) is 0.472. The molecule has 0 spiro atoms. The van der Waals surface area contributed by atoms with Gasteiger partial charge in [-0.1, -0.05) is 11.6 Å². The number of benzene rings is 2. The zero-order chi connectivity index (χ0) is 23.3. The molecule has 0 fully saturated rings. The van der Waals surface area contributed by atoms with Gasteiger partial charge in [0, 0.05) is 16.0 Å². The van der Waals surface area contributed by atoms with Crippen molar-refractivity contribution in [2.24, 2.45) is 0 Å². The second-order valence-electron chi connectivity index (χ2n) is 6.49. The van der Waals surface area contributed by atoms with E-state index < -0.39 is 18.0 Å². The average molecular weight is 477 g/mol. The van der Waals surface area contributed by atoms with Crippen LogP contribution in [-0.4, -0.2) is 44.3 Å². The Labute approximate surface area is 194 Å². The van der Waals surface area contributed by atoms with Crippen molar-refractivity contribution >= 4 is 40.5 Å². The van der Waals surface area contributed by atoms with E-state index in [1.165, 1.54) is 32.5 Å². The fourth-order valence-corrected chi connectivity index (χ4v) is 3.71. The van der Waals surface area contributed by atoms with Crippen LogP contribution in [0.2, 0.25) is 5.02 Å². The molecule has 0 aliphatic heterocycles. The smallest absolute Gasteiger partial charge is 0.358 e. The molecule has 2 aromatic carbocycles. The zero-order valence-electron chi connectivity index (χ0n) is 17.8. The van der Waals surface area contributed by atoms with Gasteiger partial charge in [0.25, 0.3) is 5.91 Å². The number of hydrogen-bond acceptors (Lipinski definition) is 8. The van der Waals surface area contributed by atoms with E-state index in [1.807, 2.05) is 6.07 Å². The number of esters is 1. The summed E-state index contributed by atoms with van der Waals surface area (Å²) in [7, 11) is 4.56. The van der Waals surface area contributed by atoms with Gasteiger partial charge in [-0.3, -0.25) is 4.79 Å². The predicted molar refractivity (Wildman–Crippen MR) is 122 cm³/mol. The minimum atomic E-state index is -1.07. The van der Waals surface area contributed by atoms with Gasteiger partial charge in [-0.15, -0.1) is 11.3 Å². The van der Waals surface area contributed by atoms with Gasteiger partial charge in [-0.2, -0.15) is 0 Å². The Hall–Kier alpha value is -3.30. The molecule has 0 saturated carbocycles. The molecule has 1 aromatic heterocycles. The number of ether oxygens (including phenoxy) is 4. The molecule has 0 aliphatic rings. The van der Waals surface area contributed by atoms with Gasteiger partial charge in [0.1, 0.15) is 10.8 Å². The maximum absolute atomic E-state index is 12.5. The van der Waals surface area contributed by atoms with Crippen molar-refractivity contribution in [3.05, 3.63) is 52.5 Å².